The highest BCUT2D eigenvalue weighted by molar-refractivity contribution is 6.31. The fraction of sp³-hybridized carbons (Fsp3) is 0.579. The van der Waals surface area contributed by atoms with E-state index in [1.165, 1.54) is 51.1 Å². The van der Waals surface area contributed by atoms with Crippen molar-refractivity contribution in [3.63, 3.8) is 0 Å². The Kier molecular flexibility index (Phi) is 4.25. The van der Waals surface area contributed by atoms with Crippen molar-refractivity contribution in [1.29, 1.82) is 0 Å². The molecule has 0 unspecified atom stereocenters. The zero-order chi connectivity index (χ0) is 14.9. The molecule has 3 heteroatoms. The first-order chi connectivity index (χ1) is 10.8. The second-order valence-corrected chi connectivity index (χ2v) is 7.62. The molecule has 22 heavy (non-hydrogen) atoms. The van der Waals surface area contributed by atoms with Crippen LogP contribution < -0.4 is 0 Å². The van der Waals surface area contributed by atoms with Crippen molar-refractivity contribution in [2.24, 2.45) is 17.8 Å². The summed E-state index contributed by atoms with van der Waals surface area (Å²) >= 11 is 6.28. The van der Waals surface area contributed by atoms with Crippen molar-refractivity contribution < 1.29 is 0 Å². The number of fused-ring (bicyclic) bond motifs is 2. The third-order valence-corrected chi connectivity index (χ3v) is 6.09. The van der Waals surface area contributed by atoms with Gasteiger partial charge in [0, 0.05) is 44.3 Å². The third kappa shape index (κ3) is 3.10. The van der Waals surface area contributed by atoms with Crippen LogP contribution in [0.4, 0.5) is 0 Å². The molecule has 118 valence electrons. The summed E-state index contributed by atoms with van der Waals surface area (Å²) in [5.74, 6) is 2.70. The minimum absolute atomic E-state index is 0.881. The Bertz CT molecular complexity index is 548. The summed E-state index contributed by atoms with van der Waals surface area (Å²) in [7, 11) is 0. The van der Waals surface area contributed by atoms with Crippen molar-refractivity contribution in [3.8, 4) is 0 Å². The van der Waals surface area contributed by atoms with Crippen LogP contribution in [-0.4, -0.2) is 42.5 Å². The van der Waals surface area contributed by atoms with Crippen molar-refractivity contribution in [3.05, 3.63) is 47.0 Å². The van der Waals surface area contributed by atoms with Gasteiger partial charge in [0.05, 0.1) is 0 Å². The molecule has 2 nitrogen and oxygen atoms in total. The molecular formula is C19H25ClN2. The fourth-order valence-corrected chi connectivity index (χ4v) is 4.63. The lowest BCUT2D eigenvalue weighted by Crippen LogP contribution is -2.47. The van der Waals surface area contributed by atoms with Gasteiger partial charge in [0.15, 0.2) is 0 Å². The molecule has 0 spiro atoms. The molecule has 0 aromatic heterocycles. The Balaban J connectivity index is 1.26. The zero-order valence-electron chi connectivity index (χ0n) is 13.1. The highest BCUT2D eigenvalue weighted by Crippen LogP contribution is 2.43. The van der Waals surface area contributed by atoms with Gasteiger partial charge < -0.3 is 4.90 Å². The first-order valence-corrected chi connectivity index (χ1v) is 9.02. The minimum atomic E-state index is 0.881. The van der Waals surface area contributed by atoms with Crippen molar-refractivity contribution >= 4 is 11.6 Å². The van der Waals surface area contributed by atoms with Crippen molar-refractivity contribution in [1.82, 2.24) is 9.80 Å². The van der Waals surface area contributed by atoms with E-state index in [2.05, 4.69) is 34.1 Å². The highest BCUT2D eigenvalue weighted by Gasteiger charge is 2.36. The summed E-state index contributed by atoms with van der Waals surface area (Å²) in [6.07, 6.45) is 7.79. The summed E-state index contributed by atoms with van der Waals surface area (Å²) in [4.78, 5) is 5.22. The normalized spacial score (nSPS) is 32.0. The van der Waals surface area contributed by atoms with Gasteiger partial charge >= 0.3 is 0 Å². The second-order valence-electron chi connectivity index (χ2n) is 7.21. The summed E-state index contributed by atoms with van der Waals surface area (Å²) < 4.78 is 0. The van der Waals surface area contributed by atoms with E-state index in [1.807, 2.05) is 12.1 Å². The average molecular weight is 317 g/mol. The lowest BCUT2D eigenvalue weighted by molar-refractivity contribution is 0.108. The topological polar surface area (TPSA) is 6.48 Å². The number of piperazine rings is 1. The molecule has 0 N–H and O–H groups in total. The van der Waals surface area contributed by atoms with E-state index in [1.54, 1.807) is 0 Å². The largest absolute Gasteiger partial charge is 0.300 e. The summed E-state index contributed by atoms with van der Waals surface area (Å²) in [6.45, 7) is 7.06. The van der Waals surface area contributed by atoms with Gasteiger partial charge in [0.2, 0.25) is 0 Å². The van der Waals surface area contributed by atoms with E-state index in [0.29, 0.717) is 0 Å². The summed E-state index contributed by atoms with van der Waals surface area (Å²) in [6, 6.07) is 8.24. The molecule has 1 saturated carbocycles. The first kappa shape index (κ1) is 14.7. The number of allylic oxidation sites excluding steroid dienone is 2. The molecule has 0 radical (unpaired) electrons. The summed E-state index contributed by atoms with van der Waals surface area (Å²) in [5.41, 5.74) is 1.26. The Hall–Kier alpha value is -0.830. The minimum Gasteiger partial charge on any atom is -0.300 e. The van der Waals surface area contributed by atoms with Gasteiger partial charge in [-0.05, 0) is 42.2 Å². The molecule has 2 fully saturated rings. The quantitative estimate of drug-likeness (QED) is 0.782. The molecule has 2 bridgehead atoms. The molecule has 1 aromatic rings. The molecule has 3 atom stereocenters. The van der Waals surface area contributed by atoms with Crippen LogP contribution in [0, 0.1) is 17.8 Å². The molecule has 3 aliphatic rings. The van der Waals surface area contributed by atoms with E-state index >= 15 is 0 Å². The fourth-order valence-electron chi connectivity index (χ4n) is 4.43. The lowest BCUT2D eigenvalue weighted by atomic mass is 9.93. The maximum Gasteiger partial charge on any atom is 0.0451 e. The number of hydrogen-bond donors (Lipinski definition) is 0. The average Bonchev–Trinajstić information content (AvgIpc) is 3.14. The first-order valence-electron chi connectivity index (χ1n) is 8.64. The van der Waals surface area contributed by atoms with Crippen LogP contribution in [0.3, 0.4) is 0 Å². The second kappa shape index (κ2) is 6.35. The predicted octanol–water partition coefficient (Wildman–Crippen LogP) is 3.67. The van der Waals surface area contributed by atoms with E-state index in [0.717, 1.165) is 29.3 Å². The molecule has 1 aromatic carbocycles. The molecule has 1 aliphatic heterocycles. The maximum atomic E-state index is 6.28. The molecule has 1 saturated heterocycles. The molecule has 4 rings (SSSR count). The van der Waals surface area contributed by atoms with Crippen LogP contribution in [-0.2, 0) is 6.54 Å². The maximum absolute atomic E-state index is 6.28. The SMILES string of the molecule is Clc1ccccc1CN1CCN(C[C@@H]2C[C@H]3C=C[C@H]2C3)CC1. The van der Waals surface area contributed by atoms with Crippen LogP contribution in [0.5, 0.6) is 0 Å². The molecule has 1 heterocycles. The Labute approximate surface area is 138 Å². The smallest absolute Gasteiger partial charge is 0.0451 e. The van der Waals surface area contributed by atoms with Gasteiger partial charge in [-0.15, -0.1) is 0 Å². The highest BCUT2D eigenvalue weighted by atomic mass is 35.5. The van der Waals surface area contributed by atoms with Crippen molar-refractivity contribution in [2.45, 2.75) is 19.4 Å². The van der Waals surface area contributed by atoms with Gasteiger partial charge in [-0.3, -0.25) is 4.90 Å². The van der Waals surface area contributed by atoms with Crippen LogP contribution in [0.1, 0.15) is 18.4 Å². The van der Waals surface area contributed by atoms with Crippen LogP contribution in [0.25, 0.3) is 0 Å². The Morgan fingerprint density at radius 1 is 0.955 bits per heavy atom. The standard InChI is InChI=1S/C19H25ClN2/c20-19-4-2-1-3-17(19)13-21-7-9-22(10-8-21)14-18-12-15-5-6-16(18)11-15/h1-6,15-16,18H,7-14H2/t15-,16-,18-/m0/s1. The third-order valence-electron chi connectivity index (χ3n) is 5.73. The van der Waals surface area contributed by atoms with Gasteiger partial charge in [-0.1, -0.05) is 42.0 Å². The lowest BCUT2D eigenvalue weighted by Gasteiger charge is -2.37. The van der Waals surface area contributed by atoms with Gasteiger partial charge in [-0.25, -0.2) is 0 Å². The Morgan fingerprint density at radius 2 is 1.73 bits per heavy atom. The molecule has 0 amide bonds. The van der Waals surface area contributed by atoms with Gasteiger partial charge in [0.25, 0.3) is 0 Å². The molecule has 2 aliphatic carbocycles. The van der Waals surface area contributed by atoms with Crippen LogP contribution in [0.15, 0.2) is 36.4 Å². The number of hydrogen-bond acceptors (Lipinski definition) is 2. The van der Waals surface area contributed by atoms with E-state index in [4.69, 9.17) is 11.6 Å². The van der Waals surface area contributed by atoms with E-state index in [9.17, 15) is 0 Å². The van der Waals surface area contributed by atoms with E-state index in [-0.39, 0.29) is 0 Å². The van der Waals surface area contributed by atoms with Crippen molar-refractivity contribution in [2.75, 3.05) is 32.7 Å². The Morgan fingerprint density at radius 3 is 2.41 bits per heavy atom. The number of halogens is 1. The summed E-state index contributed by atoms with van der Waals surface area (Å²) in [5, 5.41) is 0.902. The van der Waals surface area contributed by atoms with Gasteiger partial charge in [-0.2, -0.15) is 0 Å². The van der Waals surface area contributed by atoms with Crippen LogP contribution in [0.2, 0.25) is 5.02 Å². The zero-order valence-corrected chi connectivity index (χ0v) is 13.9. The van der Waals surface area contributed by atoms with E-state index < -0.39 is 0 Å². The predicted molar refractivity (Wildman–Crippen MR) is 92.0 cm³/mol. The number of benzene rings is 1. The van der Waals surface area contributed by atoms with Gasteiger partial charge in [0.1, 0.15) is 0 Å². The number of nitrogens with zero attached hydrogens (tertiary/aromatic N) is 2. The monoisotopic (exact) mass is 316 g/mol. The van der Waals surface area contributed by atoms with Crippen LogP contribution >= 0.6 is 11.6 Å². The number of rotatable bonds is 4. The molecular weight excluding hydrogens is 292 g/mol.